The highest BCUT2D eigenvalue weighted by Gasteiger charge is 2.44. The van der Waals surface area contributed by atoms with Gasteiger partial charge in [0.1, 0.15) is 11.4 Å². The summed E-state index contributed by atoms with van der Waals surface area (Å²) in [5.74, 6) is 0.777. The topological polar surface area (TPSA) is 64.4 Å². The van der Waals surface area contributed by atoms with Crippen LogP contribution in [0.4, 0.5) is 0 Å². The summed E-state index contributed by atoms with van der Waals surface area (Å²) < 4.78 is 8.12. The minimum atomic E-state index is -0.514. The van der Waals surface area contributed by atoms with Gasteiger partial charge < -0.3 is 9.64 Å². The fraction of sp³-hybridized carbons (Fsp3) is 0.320. The summed E-state index contributed by atoms with van der Waals surface area (Å²) in [5, 5.41) is 4.43. The molecule has 2 aromatic carbocycles. The van der Waals surface area contributed by atoms with Crippen LogP contribution in [-0.4, -0.2) is 45.1 Å². The van der Waals surface area contributed by atoms with Crippen LogP contribution in [0, 0.1) is 13.8 Å². The van der Waals surface area contributed by atoms with Gasteiger partial charge in [0.05, 0.1) is 35.1 Å². The molecule has 2 aliphatic heterocycles. The highest BCUT2D eigenvalue weighted by Crippen LogP contribution is 2.39. The molecule has 6 nitrogen and oxygen atoms in total. The van der Waals surface area contributed by atoms with Crippen LogP contribution in [0.5, 0.6) is 5.75 Å². The van der Waals surface area contributed by atoms with Crippen molar-refractivity contribution in [1.82, 2.24) is 14.7 Å². The molecular formula is C25H25N3O3. The molecular weight excluding hydrogens is 390 g/mol. The van der Waals surface area contributed by atoms with Gasteiger partial charge >= 0.3 is 0 Å². The van der Waals surface area contributed by atoms with E-state index in [1.54, 1.807) is 10.9 Å². The van der Waals surface area contributed by atoms with E-state index >= 15 is 0 Å². The van der Waals surface area contributed by atoms with Crippen molar-refractivity contribution < 1.29 is 14.3 Å². The zero-order chi connectivity index (χ0) is 21.6. The number of piperidine rings is 1. The van der Waals surface area contributed by atoms with Crippen LogP contribution in [0.1, 0.15) is 51.2 Å². The highest BCUT2D eigenvalue weighted by atomic mass is 16.5. The number of nitrogens with zero attached hydrogens (tertiary/aromatic N) is 3. The van der Waals surface area contributed by atoms with Gasteiger partial charge in [0, 0.05) is 25.9 Å². The number of ketones is 1. The molecule has 2 aliphatic rings. The van der Waals surface area contributed by atoms with Gasteiger partial charge in [0.15, 0.2) is 5.78 Å². The number of Topliss-reactive ketones (excluding diaryl/α,β-unsaturated/α-hetero) is 1. The SMILES string of the molecule is Cc1ccc2c(c1)C(=O)CC1(CCN(C(=O)c3cnn(-c4ccccc4)c3C)CC1)O2. The van der Waals surface area contributed by atoms with Crippen LogP contribution in [0.2, 0.25) is 0 Å². The molecule has 0 radical (unpaired) electrons. The monoisotopic (exact) mass is 415 g/mol. The predicted molar refractivity (Wildman–Crippen MR) is 117 cm³/mol. The summed E-state index contributed by atoms with van der Waals surface area (Å²) >= 11 is 0. The molecule has 0 N–H and O–H groups in total. The average Bonchev–Trinajstić information content (AvgIpc) is 3.16. The Hall–Kier alpha value is -3.41. The first-order valence-corrected chi connectivity index (χ1v) is 10.7. The fourth-order valence-electron chi connectivity index (χ4n) is 4.62. The maximum Gasteiger partial charge on any atom is 0.257 e. The van der Waals surface area contributed by atoms with Crippen molar-refractivity contribution in [3.05, 3.63) is 77.1 Å². The van der Waals surface area contributed by atoms with Crippen LogP contribution in [0.15, 0.2) is 54.7 Å². The minimum absolute atomic E-state index is 0.0207. The Morgan fingerprint density at radius 1 is 1.06 bits per heavy atom. The second-order valence-electron chi connectivity index (χ2n) is 8.57. The van der Waals surface area contributed by atoms with E-state index in [1.165, 1.54) is 0 Å². The number of aryl methyl sites for hydroxylation is 1. The molecule has 0 unspecified atom stereocenters. The van der Waals surface area contributed by atoms with Gasteiger partial charge in [-0.3, -0.25) is 9.59 Å². The molecule has 158 valence electrons. The number of fused-ring (bicyclic) bond motifs is 1. The number of aromatic nitrogens is 2. The Kier molecular flexibility index (Phi) is 4.65. The van der Waals surface area contributed by atoms with Gasteiger partial charge in [0.25, 0.3) is 5.91 Å². The predicted octanol–water partition coefficient (Wildman–Crippen LogP) is 4.13. The zero-order valence-corrected chi connectivity index (χ0v) is 17.8. The lowest BCUT2D eigenvalue weighted by Crippen LogP contribution is -2.52. The van der Waals surface area contributed by atoms with E-state index in [-0.39, 0.29) is 11.7 Å². The quantitative estimate of drug-likeness (QED) is 0.631. The molecule has 0 aliphatic carbocycles. The van der Waals surface area contributed by atoms with E-state index < -0.39 is 5.60 Å². The highest BCUT2D eigenvalue weighted by molar-refractivity contribution is 6.00. The molecule has 5 rings (SSSR count). The number of ether oxygens (including phenoxy) is 1. The smallest absolute Gasteiger partial charge is 0.257 e. The molecule has 0 bridgehead atoms. The van der Waals surface area contributed by atoms with Gasteiger partial charge in [-0.15, -0.1) is 0 Å². The first-order valence-electron chi connectivity index (χ1n) is 10.7. The minimum Gasteiger partial charge on any atom is -0.486 e. The Bertz CT molecular complexity index is 1160. The van der Waals surface area contributed by atoms with Gasteiger partial charge in [0.2, 0.25) is 0 Å². The third-order valence-corrected chi connectivity index (χ3v) is 6.45. The largest absolute Gasteiger partial charge is 0.486 e. The van der Waals surface area contributed by atoms with Crippen LogP contribution in [0.3, 0.4) is 0 Å². The van der Waals surface area contributed by atoms with E-state index in [1.807, 2.05) is 67.3 Å². The van der Waals surface area contributed by atoms with E-state index in [0.717, 1.165) is 16.9 Å². The molecule has 1 saturated heterocycles. The zero-order valence-electron chi connectivity index (χ0n) is 17.8. The first-order chi connectivity index (χ1) is 15.0. The van der Waals surface area contributed by atoms with Crippen LogP contribution in [0.25, 0.3) is 5.69 Å². The van der Waals surface area contributed by atoms with E-state index in [4.69, 9.17) is 4.74 Å². The Morgan fingerprint density at radius 2 is 1.81 bits per heavy atom. The van der Waals surface area contributed by atoms with Gasteiger partial charge in [-0.05, 0) is 38.1 Å². The lowest BCUT2D eigenvalue weighted by atomic mass is 9.82. The molecule has 31 heavy (non-hydrogen) atoms. The van der Waals surface area contributed by atoms with Crippen LogP contribution >= 0.6 is 0 Å². The maximum absolute atomic E-state index is 13.2. The number of carbonyl (C=O) groups excluding carboxylic acids is 2. The fourth-order valence-corrected chi connectivity index (χ4v) is 4.62. The van der Waals surface area contributed by atoms with Crippen molar-refractivity contribution in [2.24, 2.45) is 0 Å². The summed E-state index contributed by atoms with van der Waals surface area (Å²) in [6.45, 7) is 5.01. The molecule has 1 fully saturated rings. The summed E-state index contributed by atoms with van der Waals surface area (Å²) in [7, 11) is 0. The molecule has 1 spiro atoms. The van der Waals surface area contributed by atoms with Gasteiger partial charge in [-0.25, -0.2) is 4.68 Å². The van der Waals surface area contributed by atoms with E-state index in [9.17, 15) is 9.59 Å². The molecule has 1 amide bonds. The van der Waals surface area contributed by atoms with Crippen molar-refractivity contribution in [3.63, 3.8) is 0 Å². The number of para-hydroxylation sites is 1. The third kappa shape index (κ3) is 3.42. The Balaban J connectivity index is 1.31. The van der Waals surface area contributed by atoms with Crippen molar-refractivity contribution in [3.8, 4) is 11.4 Å². The second kappa shape index (κ2) is 7.38. The number of carbonyl (C=O) groups is 2. The second-order valence-corrected chi connectivity index (χ2v) is 8.57. The summed E-state index contributed by atoms with van der Waals surface area (Å²) in [5.41, 5.74) is 3.58. The standard InChI is InChI=1S/C25H25N3O3/c1-17-8-9-23-20(14-17)22(29)15-25(31-23)10-12-27(13-11-25)24(30)21-16-26-28(18(21)2)19-6-4-3-5-7-19/h3-9,14,16H,10-13,15H2,1-2H3. The maximum atomic E-state index is 13.2. The molecule has 3 heterocycles. The van der Waals surface area contributed by atoms with Crippen molar-refractivity contribution in [1.29, 1.82) is 0 Å². The number of rotatable bonds is 2. The third-order valence-electron chi connectivity index (χ3n) is 6.45. The molecule has 0 atom stereocenters. The lowest BCUT2D eigenvalue weighted by molar-refractivity contribution is -0.00573. The molecule has 0 saturated carbocycles. The Labute approximate surface area is 181 Å². The lowest BCUT2D eigenvalue weighted by Gasteiger charge is -2.44. The normalized spacial score (nSPS) is 17.4. The van der Waals surface area contributed by atoms with Crippen LogP contribution in [-0.2, 0) is 0 Å². The number of likely N-dealkylation sites (tertiary alicyclic amines) is 1. The average molecular weight is 415 g/mol. The Morgan fingerprint density at radius 3 is 2.55 bits per heavy atom. The van der Waals surface area contributed by atoms with Crippen LogP contribution < -0.4 is 4.74 Å². The number of hydrogen-bond acceptors (Lipinski definition) is 4. The van der Waals surface area contributed by atoms with Crippen molar-refractivity contribution in [2.45, 2.75) is 38.7 Å². The van der Waals surface area contributed by atoms with Gasteiger partial charge in [-0.1, -0.05) is 29.8 Å². The van der Waals surface area contributed by atoms with Crippen molar-refractivity contribution >= 4 is 11.7 Å². The summed E-state index contributed by atoms with van der Waals surface area (Å²) in [4.78, 5) is 27.8. The summed E-state index contributed by atoms with van der Waals surface area (Å²) in [6, 6.07) is 15.6. The summed E-state index contributed by atoms with van der Waals surface area (Å²) in [6.07, 6.45) is 3.30. The molecule has 1 aromatic heterocycles. The van der Waals surface area contributed by atoms with Gasteiger partial charge in [-0.2, -0.15) is 5.10 Å². The molecule has 3 aromatic rings. The van der Waals surface area contributed by atoms with E-state index in [0.29, 0.717) is 49.2 Å². The van der Waals surface area contributed by atoms with E-state index in [2.05, 4.69) is 5.10 Å². The van der Waals surface area contributed by atoms with Crippen molar-refractivity contribution in [2.75, 3.05) is 13.1 Å². The number of hydrogen-bond donors (Lipinski definition) is 0. The first kappa shape index (κ1) is 19.5. The number of amides is 1. The molecule has 6 heteroatoms. The number of benzene rings is 2.